The Kier molecular flexibility index (Phi) is 4.24. The molecule has 0 bridgehead atoms. The first-order valence-corrected chi connectivity index (χ1v) is 6.86. The third-order valence-corrected chi connectivity index (χ3v) is 4.15. The number of piperidine rings is 1. The summed E-state index contributed by atoms with van der Waals surface area (Å²) < 4.78 is 13.1. The molecule has 16 heavy (non-hydrogen) atoms. The lowest BCUT2D eigenvalue weighted by molar-refractivity contribution is 0.430. The first-order valence-electron chi connectivity index (χ1n) is 5.88. The van der Waals surface area contributed by atoms with E-state index in [1.807, 2.05) is 30.8 Å². The zero-order valence-corrected chi connectivity index (χ0v) is 10.4. The van der Waals surface area contributed by atoms with Crippen LogP contribution in [0.4, 0.5) is 4.39 Å². The number of halogens is 1. The van der Waals surface area contributed by atoms with E-state index >= 15 is 0 Å². The predicted octanol–water partition coefficient (Wildman–Crippen LogP) is 3.37. The Hall–Kier alpha value is -0.540. The second-order valence-corrected chi connectivity index (χ2v) is 5.46. The fourth-order valence-electron chi connectivity index (χ4n) is 1.97. The molecule has 1 atom stereocenters. The molecule has 0 radical (unpaired) electrons. The van der Waals surface area contributed by atoms with Gasteiger partial charge in [-0.25, -0.2) is 4.39 Å². The van der Waals surface area contributed by atoms with Gasteiger partial charge in [0, 0.05) is 16.7 Å². The van der Waals surface area contributed by atoms with Crippen LogP contribution in [0.1, 0.15) is 24.8 Å². The van der Waals surface area contributed by atoms with Crippen LogP contribution in [0.5, 0.6) is 0 Å². The Labute approximate surface area is 101 Å². The van der Waals surface area contributed by atoms with Crippen molar-refractivity contribution < 1.29 is 4.39 Å². The summed E-state index contributed by atoms with van der Waals surface area (Å²) in [6, 6.07) is 5.99. The number of thioether (sulfide) groups is 1. The number of aryl methyl sites for hydroxylation is 1. The van der Waals surface area contributed by atoms with Gasteiger partial charge in [-0.05, 0) is 50.1 Å². The maximum atomic E-state index is 13.1. The average molecular weight is 239 g/mol. The fourth-order valence-corrected chi connectivity index (χ4v) is 3.07. The lowest BCUT2D eigenvalue weighted by Gasteiger charge is -2.22. The van der Waals surface area contributed by atoms with E-state index in [4.69, 9.17) is 0 Å². The molecule has 1 nitrogen and oxygen atoms in total. The van der Waals surface area contributed by atoms with Crippen molar-refractivity contribution in [2.75, 3.05) is 12.3 Å². The summed E-state index contributed by atoms with van der Waals surface area (Å²) in [6.45, 7) is 2.96. The molecule has 0 amide bonds. The molecule has 1 aromatic rings. The zero-order valence-electron chi connectivity index (χ0n) is 9.63. The summed E-state index contributed by atoms with van der Waals surface area (Å²) in [4.78, 5) is 1.17. The Morgan fingerprint density at radius 1 is 1.44 bits per heavy atom. The van der Waals surface area contributed by atoms with Crippen molar-refractivity contribution in [3.05, 3.63) is 29.6 Å². The highest BCUT2D eigenvalue weighted by Crippen LogP contribution is 2.23. The Morgan fingerprint density at radius 2 is 2.31 bits per heavy atom. The molecule has 1 heterocycles. The molecule has 1 aliphatic heterocycles. The van der Waals surface area contributed by atoms with Crippen LogP contribution in [0.3, 0.4) is 0 Å². The molecular weight excluding hydrogens is 221 g/mol. The van der Waals surface area contributed by atoms with Crippen LogP contribution in [0, 0.1) is 12.7 Å². The van der Waals surface area contributed by atoms with Crippen LogP contribution in [0.15, 0.2) is 23.1 Å². The van der Waals surface area contributed by atoms with Gasteiger partial charge in [0.05, 0.1) is 0 Å². The quantitative estimate of drug-likeness (QED) is 0.812. The van der Waals surface area contributed by atoms with E-state index in [2.05, 4.69) is 5.32 Å². The normalized spacial score (nSPS) is 21.0. The van der Waals surface area contributed by atoms with Crippen molar-refractivity contribution in [1.82, 2.24) is 5.32 Å². The summed E-state index contributed by atoms with van der Waals surface area (Å²) in [5.41, 5.74) is 0.738. The Bertz CT molecular complexity index is 348. The lowest BCUT2D eigenvalue weighted by Crippen LogP contribution is -2.35. The van der Waals surface area contributed by atoms with Gasteiger partial charge in [0.2, 0.25) is 0 Å². The lowest BCUT2D eigenvalue weighted by atomic mass is 10.1. The number of benzene rings is 1. The fraction of sp³-hybridized carbons (Fsp3) is 0.538. The highest BCUT2D eigenvalue weighted by molar-refractivity contribution is 7.99. The minimum absolute atomic E-state index is 0.111. The van der Waals surface area contributed by atoms with Gasteiger partial charge in [0.15, 0.2) is 0 Å². The molecular formula is C13H18FNS. The monoisotopic (exact) mass is 239 g/mol. The van der Waals surface area contributed by atoms with E-state index in [0.717, 1.165) is 17.9 Å². The summed E-state index contributed by atoms with van der Waals surface area (Å²) in [7, 11) is 0. The maximum absolute atomic E-state index is 13.1. The highest BCUT2D eigenvalue weighted by atomic mass is 32.2. The van der Waals surface area contributed by atoms with Crippen LogP contribution in [-0.4, -0.2) is 18.3 Å². The van der Waals surface area contributed by atoms with Crippen molar-refractivity contribution in [3.8, 4) is 0 Å². The molecule has 0 aliphatic carbocycles. The van der Waals surface area contributed by atoms with Crippen molar-refractivity contribution in [3.63, 3.8) is 0 Å². The molecule has 1 aromatic carbocycles. The van der Waals surface area contributed by atoms with Crippen LogP contribution >= 0.6 is 11.8 Å². The molecule has 0 saturated carbocycles. The van der Waals surface area contributed by atoms with E-state index in [1.54, 1.807) is 6.07 Å². The largest absolute Gasteiger partial charge is 0.313 e. The summed E-state index contributed by atoms with van der Waals surface area (Å²) in [5, 5.41) is 3.52. The maximum Gasteiger partial charge on any atom is 0.126 e. The van der Waals surface area contributed by atoms with Crippen LogP contribution in [0.2, 0.25) is 0 Å². The molecule has 1 fully saturated rings. The third-order valence-electron chi connectivity index (χ3n) is 2.99. The number of rotatable bonds is 3. The molecule has 88 valence electrons. The minimum Gasteiger partial charge on any atom is -0.313 e. The van der Waals surface area contributed by atoms with Gasteiger partial charge in [-0.2, -0.15) is 0 Å². The van der Waals surface area contributed by atoms with Gasteiger partial charge in [0.1, 0.15) is 5.82 Å². The molecule has 1 saturated heterocycles. The van der Waals surface area contributed by atoms with Crippen LogP contribution < -0.4 is 5.32 Å². The highest BCUT2D eigenvalue weighted by Gasteiger charge is 2.12. The smallest absolute Gasteiger partial charge is 0.126 e. The molecule has 1 unspecified atom stereocenters. The summed E-state index contributed by atoms with van der Waals surface area (Å²) in [6.07, 6.45) is 3.91. The third kappa shape index (κ3) is 3.22. The molecule has 0 aromatic heterocycles. The zero-order chi connectivity index (χ0) is 11.4. The number of hydrogen-bond donors (Lipinski definition) is 1. The van der Waals surface area contributed by atoms with Crippen LogP contribution in [-0.2, 0) is 0 Å². The number of nitrogens with one attached hydrogen (secondary N) is 1. The Balaban J connectivity index is 1.86. The van der Waals surface area contributed by atoms with Crippen molar-refractivity contribution in [2.24, 2.45) is 0 Å². The molecule has 2 rings (SSSR count). The van der Waals surface area contributed by atoms with E-state index in [1.165, 1.54) is 24.2 Å². The van der Waals surface area contributed by atoms with Gasteiger partial charge in [-0.3, -0.25) is 0 Å². The molecule has 3 heteroatoms. The first-order chi connectivity index (χ1) is 7.75. The van der Waals surface area contributed by atoms with Gasteiger partial charge in [0.25, 0.3) is 0 Å². The van der Waals surface area contributed by atoms with E-state index < -0.39 is 0 Å². The van der Waals surface area contributed by atoms with E-state index in [-0.39, 0.29) is 5.82 Å². The van der Waals surface area contributed by atoms with Crippen molar-refractivity contribution in [1.29, 1.82) is 0 Å². The van der Waals surface area contributed by atoms with Gasteiger partial charge in [-0.1, -0.05) is 6.42 Å². The summed E-state index contributed by atoms with van der Waals surface area (Å²) in [5.74, 6) is 0.977. The van der Waals surface area contributed by atoms with Crippen molar-refractivity contribution >= 4 is 11.8 Å². The topological polar surface area (TPSA) is 12.0 Å². The second-order valence-electron chi connectivity index (χ2n) is 4.37. The van der Waals surface area contributed by atoms with E-state index in [9.17, 15) is 4.39 Å². The summed E-state index contributed by atoms with van der Waals surface area (Å²) >= 11 is 1.82. The Morgan fingerprint density at radius 3 is 3.00 bits per heavy atom. The minimum atomic E-state index is -0.111. The molecule has 0 spiro atoms. The van der Waals surface area contributed by atoms with E-state index in [0.29, 0.717) is 6.04 Å². The standard InChI is InChI=1S/C13H18FNS/c1-10-8-12(5-6-13(10)14)16-9-11-4-2-3-7-15-11/h5-6,8,11,15H,2-4,7,9H2,1H3. The second kappa shape index (κ2) is 5.69. The average Bonchev–Trinajstić information content (AvgIpc) is 2.32. The van der Waals surface area contributed by atoms with Gasteiger partial charge < -0.3 is 5.32 Å². The SMILES string of the molecule is Cc1cc(SCC2CCCCN2)ccc1F. The van der Waals surface area contributed by atoms with Gasteiger partial charge >= 0.3 is 0 Å². The number of hydrogen-bond acceptors (Lipinski definition) is 2. The molecule has 1 aliphatic rings. The predicted molar refractivity (Wildman–Crippen MR) is 67.5 cm³/mol. The van der Waals surface area contributed by atoms with Crippen LogP contribution in [0.25, 0.3) is 0 Å². The van der Waals surface area contributed by atoms with Crippen molar-refractivity contribution in [2.45, 2.75) is 37.1 Å². The first kappa shape index (κ1) is 11.9. The van der Waals surface area contributed by atoms with Gasteiger partial charge in [-0.15, -0.1) is 11.8 Å². The molecule has 1 N–H and O–H groups in total.